The zero-order valence-electron chi connectivity index (χ0n) is 12.5. The van der Waals surface area contributed by atoms with Crippen molar-refractivity contribution in [3.05, 3.63) is 24.3 Å². The molecule has 0 spiro atoms. The molecule has 0 aromatic heterocycles. The van der Waals surface area contributed by atoms with Gasteiger partial charge in [-0.15, -0.1) is 0 Å². The highest BCUT2D eigenvalue weighted by molar-refractivity contribution is 6.01. The summed E-state index contributed by atoms with van der Waals surface area (Å²) in [4.78, 5) is 17.3. The zero-order chi connectivity index (χ0) is 14.9. The first-order valence-corrected chi connectivity index (χ1v) is 7.58. The first-order chi connectivity index (χ1) is 10.2. The van der Waals surface area contributed by atoms with Crippen LogP contribution in [0.2, 0.25) is 0 Å². The number of hydrogen-bond acceptors (Lipinski definition) is 4. The first-order valence-electron chi connectivity index (χ1n) is 7.58. The Bertz CT molecular complexity index is 526. The Kier molecular flexibility index (Phi) is 3.87. The minimum absolute atomic E-state index is 0.161. The van der Waals surface area contributed by atoms with Gasteiger partial charge in [0, 0.05) is 39.9 Å². The first kappa shape index (κ1) is 14.4. The lowest BCUT2D eigenvalue weighted by atomic mass is 9.78. The second-order valence-corrected chi connectivity index (χ2v) is 5.96. The van der Waals surface area contributed by atoms with E-state index < -0.39 is 5.41 Å². The fourth-order valence-electron chi connectivity index (χ4n) is 3.27. The van der Waals surface area contributed by atoms with Gasteiger partial charge < -0.3 is 20.3 Å². The van der Waals surface area contributed by atoms with Gasteiger partial charge in [0.25, 0.3) is 0 Å². The minimum atomic E-state index is -0.457. The third-order valence-electron chi connectivity index (χ3n) is 4.78. The fraction of sp³-hybridized carbons (Fsp3) is 0.562. The number of likely N-dealkylation sites (N-methyl/N-ethyl adjacent to an activating group) is 1. The maximum atomic E-state index is 13.1. The minimum Gasteiger partial charge on any atom is -0.381 e. The van der Waals surface area contributed by atoms with E-state index in [1.165, 1.54) is 0 Å². The van der Waals surface area contributed by atoms with Gasteiger partial charge in [0.15, 0.2) is 0 Å². The highest BCUT2D eigenvalue weighted by Crippen LogP contribution is 2.38. The third kappa shape index (κ3) is 2.40. The second-order valence-electron chi connectivity index (χ2n) is 5.96. The molecule has 2 N–H and O–H groups in total. The van der Waals surface area contributed by atoms with Crippen molar-refractivity contribution in [1.29, 1.82) is 0 Å². The van der Waals surface area contributed by atoms with Crippen molar-refractivity contribution in [2.75, 3.05) is 49.7 Å². The molecular formula is C16H23N3O2. The molecule has 2 aliphatic rings. The van der Waals surface area contributed by atoms with Gasteiger partial charge in [0.2, 0.25) is 5.91 Å². The van der Waals surface area contributed by atoms with Crippen molar-refractivity contribution in [1.82, 2.24) is 0 Å². The van der Waals surface area contributed by atoms with Crippen molar-refractivity contribution in [2.45, 2.75) is 12.8 Å². The average molecular weight is 289 g/mol. The molecule has 2 aliphatic heterocycles. The summed E-state index contributed by atoms with van der Waals surface area (Å²) >= 11 is 0. The molecule has 0 atom stereocenters. The molecule has 0 aliphatic carbocycles. The summed E-state index contributed by atoms with van der Waals surface area (Å²) in [6.07, 6.45) is 1.44. The maximum absolute atomic E-state index is 13.1. The van der Waals surface area contributed by atoms with E-state index in [1.807, 2.05) is 23.1 Å². The SMILES string of the molecule is CN1CCN(C(=O)C2(CN)CCOCC2)c2ccccc21. The summed E-state index contributed by atoms with van der Waals surface area (Å²) < 4.78 is 5.42. The molecule has 0 unspecified atom stereocenters. The van der Waals surface area contributed by atoms with Gasteiger partial charge in [-0.1, -0.05) is 12.1 Å². The van der Waals surface area contributed by atoms with Crippen molar-refractivity contribution in [3.8, 4) is 0 Å². The van der Waals surface area contributed by atoms with Crippen LogP contribution >= 0.6 is 0 Å². The quantitative estimate of drug-likeness (QED) is 0.889. The van der Waals surface area contributed by atoms with E-state index in [-0.39, 0.29) is 5.91 Å². The Hall–Kier alpha value is -1.59. The van der Waals surface area contributed by atoms with Crippen LogP contribution in [-0.2, 0) is 9.53 Å². The van der Waals surface area contributed by atoms with Crippen LogP contribution in [0.25, 0.3) is 0 Å². The molecule has 21 heavy (non-hydrogen) atoms. The van der Waals surface area contributed by atoms with Gasteiger partial charge in [-0.3, -0.25) is 4.79 Å². The summed E-state index contributed by atoms with van der Waals surface area (Å²) in [6.45, 7) is 3.20. The Morgan fingerprint density at radius 1 is 1.24 bits per heavy atom. The van der Waals surface area contributed by atoms with Crippen LogP contribution < -0.4 is 15.5 Å². The van der Waals surface area contributed by atoms with Gasteiger partial charge >= 0.3 is 0 Å². The van der Waals surface area contributed by atoms with Crippen molar-refractivity contribution in [2.24, 2.45) is 11.1 Å². The summed E-state index contributed by atoms with van der Waals surface area (Å²) in [7, 11) is 2.06. The number of fused-ring (bicyclic) bond motifs is 1. The van der Waals surface area contributed by atoms with Gasteiger partial charge in [0.05, 0.1) is 16.8 Å². The van der Waals surface area contributed by atoms with Crippen LogP contribution in [0.3, 0.4) is 0 Å². The summed E-state index contributed by atoms with van der Waals surface area (Å²) in [5.41, 5.74) is 7.63. The molecule has 1 saturated heterocycles. The number of nitrogens with zero attached hydrogens (tertiary/aromatic N) is 2. The van der Waals surface area contributed by atoms with Crippen LogP contribution in [0, 0.1) is 5.41 Å². The monoisotopic (exact) mass is 289 g/mol. The van der Waals surface area contributed by atoms with E-state index in [2.05, 4.69) is 18.0 Å². The fourth-order valence-corrected chi connectivity index (χ4v) is 3.27. The molecule has 1 amide bonds. The van der Waals surface area contributed by atoms with Crippen LogP contribution in [0.4, 0.5) is 11.4 Å². The number of carbonyl (C=O) groups excluding carboxylic acids is 1. The number of amides is 1. The summed E-state index contributed by atoms with van der Waals surface area (Å²) in [5, 5.41) is 0. The lowest BCUT2D eigenvalue weighted by Gasteiger charge is -2.42. The Balaban J connectivity index is 1.93. The topological polar surface area (TPSA) is 58.8 Å². The van der Waals surface area contributed by atoms with Crippen LogP contribution in [-0.4, -0.2) is 45.8 Å². The lowest BCUT2D eigenvalue weighted by Crippen LogP contribution is -2.54. The number of carbonyl (C=O) groups is 1. The Labute approximate surface area is 125 Å². The highest BCUT2D eigenvalue weighted by Gasteiger charge is 2.43. The molecule has 0 saturated carbocycles. The van der Waals surface area contributed by atoms with E-state index in [0.717, 1.165) is 37.3 Å². The number of ether oxygens (including phenoxy) is 1. The molecule has 1 aromatic carbocycles. The molecule has 5 heteroatoms. The van der Waals surface area contributed by atoms with Crippen molar-refractivity contribution < 1.29 is 9.53 Å². The molecule has 0 bridgehead atoms. The molecule has 0 radical (unpaired) electrons. The van der Waals surface area contributed by atoms with Crippen LogP contribution in [0.5, 0.6) is 0 Å². The van der Waals surface area contributed by atoms with Gasteiger partial charge in [-0.2, -0.15) is 0 Å². The normalized spacial score (nSPS) is 21.0. The summed E-state index contributed by atoms with van der Waals surface area (Å²) in [5.74, 6) is 0.161. The van der Waals surface area contributed by atoms with E-state index in [0.29, 0.717) is 19.8 Å². The van der Waals surface area contributed by atoms with E-state index in [9.17, 15) is 4.79 Å². The third-order valence-corrected chi connectivity index (χ3v) is 4.78. The molecule has 1 aromatic rings. The molecule has 2 heterocycles. The van der Waals surface area contributed by atoms with Crippen LogP contribution in [0.1, 0.15) is 12.8 Å². The second kappa shape index (κ2) is 5.66. The van der Waals surface area contributed by atoms with Crippen molar-refractivity contribution >= 4 is 17.3 Å². The molecule has 5 nitrogen and oxygen atoms in total. The maximum Gasteiger partial charge on any atom is 0.234 e. The van der Waals surface area contributed by atoms with E-state index in [1.54, 1.807) is 0 Å². The smallest absolute Gasteiger partial charge is 0.234 e. The zero-order valence-corrected chi connectivity index (χ0v) is 12.5. The predicted molar refractivity (Wildman–Crippen MR) is 83.6 cm³/mol. The number of benzene rings is 1. The summed E-state index contributed by atoms with van der Waals surface area (Å²) in [6, 6.07) is 8.08. The van der Waals surface area contributed by atoms with Crippen molar-refractivity contribution in [3.63, 3.8) is 0 Å². The van der Waals surface area contributed by atoms with E-state index in [4.69, 9.17) is 10.5 Å². The average Bonchev–Trinajstić information content (AvgIpc) is 2.55. The van der Waals surface area contributed by atoms with Gasteiger partial charge in [0.1, 0.15) is 0 Å². The predicted octanol–water partition coefficient (Wildman–Crippen LogP) is 1.22. The standard InChI is InChI=1S/C16H23N3O2/c1-18-8-9-19(14-5-3-2-4-13(14)18)15(20)16(12-17)6-10-21-11-7-16/h2-5H,6-12,17H2,1H3. The largest absolute Gasteiger partial charge is 0.381 e. The van der Waals surface area contributed by atoms with Gasteiger partial charge in [-0.05, 0) is 25.0 Å². The number of para-hydroxylation sites is 2. The Morgan fingerprint density at radius 2 is 1.90 bits per heavy atom. The number of nitrogens with two attached hydrogens (primary N) is 1. The van der Waals surface area contributed by atoms with Gasteiger partial charge in [-0.25, -0.2) is 0 Å². The number of anilines is 2. The highest BCUT2D eigenvalue weighted by atomic mass is 16.5. The number of hydrogen-bond donors (Lipinski definition) is 1. The molecule has 114 valence electrons. The number of rotatable bonds is 2. The Morgan fingerprint density at radius 3 is 2.57 bits per heavy atom. The molecular weight excluding hydrogens is 266 g/mol. The van der Waals surface area contributed by atoms with E-state index >= 15 is 0 Å². The molecule has 1 fully saturated rings. The lowest BCUT2D eigenvalue weighted by molar-refractivity contribution is -0.133. The molecule has 3 rings (SSSR count). The van der Waals surface area contributed by atoms with Crippen LogP contribution in [0.15, 0.2) is 24.3 Å².